The van der Waals surface area contributed by atoms with Crippen LogP contribution in [0.25, 0.3) is 0 Å². The summed E-state index contributed by atoms with van der Waals surface area (Å²) in [5.41, 5.74) is -1.76. The zero-order chi connectivity index (χ0) is 25.8. The summed E-state index contributed by atoms with van der Waals surface area (Å²) in [6.07, 6.45) is 1.46. The fourth-order valence-electron chi connectivity index (χ4n) is 3.52. The highest BCUT2D eigenvalue weighted by molar-refractivity contribution is 6.33. The highest BCUT2D eigenvalue weighted by atomic mass is 35.5. The fourth-order valence-corrected chi connectivity index (χ4v) is 3.77. The summed E-state index contributed by atoms with van der Waals surface area (Å²) in [6, 6.07) is 5.27. The van der Waals surface area contributed by atoms with E-state index < -0.39 is 36.2 Å². The standard InChI is InChI=1S/C23H28ClFN4O6/c1-23(2,25)10-16(22(33)26-19-7-8-28(27-19)11-14(31)13-30)29-12-15(9-20(29)32)35-18-6-4-5-17(34-3)21(18)24/h4-9,14,16,30-31H,10-13H2,1-3H3,(H,26,27,33)/t14-,16?/m1/s1. The molecule has 10 nitrogen and oxygen atoms in total. The lowest BCUT2D eigenvalue weighted by Gasteiger charge is -2.30. The largest absolute Gasteiger partial charge is 0.495 e. The van der Waals surface area contributed by atoms with Gasteiger partial charge in [-0.3, -0.25) is 14.3 Å². The first-order valence-electron chi connectivity index (χ1n) is 10.8. The Kier molecular flexibility index (Phi) is 8.36. The van der Waals surface area contributed by atoms with Crippen LogP contribution < -0.4 is 14.8 Å². The van der Waals surface area contributed by atoms with E-state index in [1.54, 1.807) is 18.2 Å². The molecule has 0 saturated carbocycles. The first-order chi connectivity index (χ1) is 16.5. The number of benzene rings is 1. The molecule has 3 rings (SSSR count). The van der Waals surface area contributed by atoms with Crippen molar-refractivity contribution in [3.63, 3.8) is 0 Å². The fraction of sp³-hybridized carbons (Fsp3) is 0.435. The molecule has 0 bridgehead atoms. The van der Waals surface area contributed by atoms with Crippen LogP contribution in [-0.4, -0.2) is 74.8 Å². The van der Waals surface area contributed by atoms with Crippen molar-refractivity contribution >= 4 is 29.2 Å². The van der Waals surface area contributed by atoms with Gasteiger partial charge in [0.15, 0.2) is 5.82 Å². The summed E-state index contributed by atoms with van der Waals surface area (Å²) >= 11 is 6.27. The Morgan fingerprint density at radius 1 is 1.34 bits per heavy atom. The van der Waals surface area contributed by atoms with Gasteiger partial charge in [-0.15, -0.1) is 0 Å². The Balaban J connectivity index is 1.74. The Morgan fingerprint density at radius 3 is 2.71 bits per heavy atom. The van der Waals surface area contributed by atoms with Gasteiger partial charge in [0.25, 0.3) is 5.91 Å². The number of hydrogen-bond acceptors (Lipinski definition) is 7. The number of rotatable bonds is 11. The van der Waals surface area contributed by atoms with Gasteiger partial charge in [0, 0.05) is 24.8 Å². The van der Waals surface area contributed by atoms with Gasteiger partial charge < -0.3 is 29.9 Å². The van der Waals surface area contributed by atoms with Crippen molar-refractivity contribution in [2.75, 3.05) is 25.6 Å². The van der Waals surface area contributed by atoms with E-state index in [0.717, 1.165) is 0 Å². The van der Waals surface area contributed by atoms with Crippen LogP contribution in [0.3, 0.4) is 0 Å². The molecular formula is C23H28ClFN4O6. The zero-order valence-corrected chi connectivity index (χ0v) is 20.3. The number of aliphatic hydroxyl groups excluding tert-OH is 2. The highest BCUT2D eigenvalue weighted by Gasteiger charge is 2.38. The third-order valence-electron chi connectivity index (χ3n) is 5.14. The maximum atomic E-state index is 14.6. The Morgan fingerprint density at radius 2 is 2.06 bits per heavy atom. The molecule has 0 radical (unpaired) electrons. The van der Waals surface area contributed by atoms with Crippen LogP contribution in [0, 0.1) is 0 Å². The second kappa shape index (κ2) is 11.1. The second-order valence-electron chi connectivity index (χ2n) is 8.64. The number of nitrogens with one attached hydrogen (secondary N) is 1. The minimum Gasteiger partial charge on any atom is -0.495 e. The van der Waals surface area contributed by atoms with Crippen molar-refractivity contribution < 1.29 is 33.7 Å². The van der Waals surface area contributed by atoms with Crippen molar-refractivity contribution in [2.24, 2.45) is 0 Å². The molecule has 1 aromatic carbocycles. The summed E-state index contributed by atoms with van der Waals surface area (Å²) in [5.74, 6) is -0.0864. The monoisotopic (exact) mass is 510 g/mol. The number of aromatic nitrogens is 2. The van der Waals surface area contributed by atoms with E-state index in [-0.39, 0.29) is 41.9 Å². The van der Waals surface area contributed by atoms with Crippen molar-refractivity contribution in [2.45, 2.75) is 44.6 Å². The van der Waals surface area contributed by atoms with Crippen LogP contribution in [0.15, 0.2) is 42.3 Å². The quantitative estimate of drug-likeness (QED) is 0.423. The molecule has 1 aliphatic heterocycles. The summed E-state index contributed by atoms with van der Waals surface area (Å²) in [4.78, 5) is 27.1. The van der Waals surface area contributed by atoms with Crippen LogP contribution in [0.1, 0.15) is 20.3 Å². The number of carbonyl (C=O) groups excluding carboxylic acids is 2. The van der Waals surface area contributed by atoms with Gasteiger partial charge in [-0.25, -0.2) is 4.39 Å². The van der Waals surface area contributed by atoms with Gasteiger partial charge in [0.2, 0.25) is 5.91 Å². The number of methoxy groups -OCH3 is 1. The molecule has 190 valence electrons. The van der Waals surface area contributed by atoms with Crippen LogP contribution in [0.5, 0.6) is 11.5 Å². The number of ether oxygens (including phenoxy) is 2. The molecule has 0 aliphatic carbocycles. The summed E-state index contributed by atoms with van der Waals surface area (Å²) < 4.78 is 26.9. The molecule has 2 heterocycles. The Hall–Kier alpha value is -3.15. The predicted octanol–water partition coefficient (Wildman–Crippen LogP) is 2.15. The maximum absolute atomic E-state index is 14.6. The molecule has 12 heteroatoms. The molecule has 2 amide bonds. The summed E-state index contributed by atoms with van der Waals surface area (Å²) in [7, 11) is 1.46. The maximum Gasteiger partial charge on any atom is 0.251 e. The third kappa shape index (κ3) is 6.93. The normalized spacial score (nSPS) is 15.6. The van der Waals surface area contributed by atoms with Gasteiger partial charge in [-0.05, 0) is 26.0 Å². The molecule has 1 aliphatic rings. The van der Waals surface area contributed by atoms with E-state index in [0.29, 0.717) is 5.75 Å². The van der Waals surface area contributed by atoms with Gasteiger partial charge in [0.05, 0.1) is 32.9 Å². The molecule has 0 fully saturated rings. The average Bonchev–Trinajstić information content (AvgIpc) is 3.38. The molecule has 1 aromatic heterocycles. The number of alkyl halides is 1. The molecule has 2 atom stereocenters. The minimum atomic E-state index is -1.76. The van der Waals surface area contributed by atoms with Crippen LogP contribution in [0.2, 0.25) is 5.02 Å². The van der Waals surface area contributed by atoms with E-state index >= 15 is 0 Å². The third-order valence-corrected chi connectivity index (χ3v) is 5.51. The first-order valence-corrected chi connectivity index (χ1v) is 11.2. The molecule has 3 N–H and O–H groups in total. The summed E-state index contributed by atoms with van der Waals surface area (Å²) in [6.45, 7) is 2.15. The number of nitrogens with zero attached hydrogens (tertiary/aromatic N) is 3. The number of hydrogen-bond donors (Lipinski definition) is 3. The minimum absolute atomic E-state index is 0.0232. The lowest BCUT2D eigenvalue weighted by atomic mass is 9.99. The number of halogens is 2. The van der Waals surface area contributed by atoms with Crippen molar-refractivity contribution in [1.29, 1.82) is 0 Å². The molecular weight excluding hydrogens is 483 g/mol. The van der Waals surface area contributed by atoms with Gasteiger partial charge >= 0.3 is 0 Å². The van der Waals surface area contributed by atoms with Crippen LogP contribution in [0.4, 0.5) is 10.2 Å². The van der Waals surface area contributed by atoms with E-state index in [4.69, 9.17) is 26.2 Å². The number of amides is 2. The highest BCUT2D eigenvalue weighted by Crippen LogP contribution is 2.35. The van der Waals surface area contributed by atoms with Crippen molar-refractivity contribution in [3.05, 3.63) is 47.3 Å². The summed E-state index contributed by atoms with van der Waals surface area (Å²) in [5, 5.41) is 25.4. The second-order valence-corrected chi connectivity index (χ2v) is 9.02. The lowest BCUT2D eigenvalue weighted by Crippen LogP contribution is -2.48. The molecule has 0 spiro atoms. The van der Waals surface area contributed by atoms with Gasteiger partial charge in [-0.2, -0.15) is 5.10 Å². The SMILES string of the molecule is COc1cccc(OC2=CC(=O)N(C(CC(C)(C)F)C(=O)Nc3ccn(C[C@@H](O)CO)n3)C2)c1Cl. The Labute approximate surface area is 206 Å². The van der Waals surface area contributed by atoms with Crippen LogP contribution >= 0.6 is 11.6 Å². The number of anilines is 1. The Bertz CT molecular complexity index is 1100. The van der Waals surface area contributed by atoms with Gasteiger partial charge in [0.1, 0.15) is 34.0 Å². The van der Waals surface area contributed by atoms with E-state index in [2.05, 4.69) is 10.4 Å². The molecule has 0 saturated heterocycles. The van der Waals surface area contributed by atoms with E-state index in [1.165, 1.54) is 48.9 Å². The molecule has 35 heavy (non-hydrogen) atoms. The van der Waals surface area contributed by atoms with Crippen LogP contribution in [-0.2, 0) is 16.1 Å². The first kappa shape index (κ1) is 26.5. The lowest BCUT2D eigenvalue weighted by molar-refractivity contribution is -0.134. The smallest absolute Gasteiger partial charge is 0.251 e. The van der Waals surface area contributed by atoms with Gasteiger partial charge in [-0.1, -0.05) is 17.7 Å². The van der Waals surface area contributed by atoms with Crippen molar-refractivity contribution in [1.82, 2.24) is 14.7 Å². The number of carbonyl (C=O) groups is 2. The topological polar surface area (TPSA) is 126 Å². The van der Waals surface area contributed by atoms with Crippen molar-refractivity contribution in [3.8, 4) is 11.5 Å². The van der Waals surface area contributed by atoms with E-state index in [1.807, 2.05) is 0 Å². The molecule has 2 aromatic rings. The molecule has 1 unspecified atom stereocenters. The zero-order valence-electron chi connectivity index (χ0n) is 19.6. The van der Waals surface area contributed by atoms with E-state index in [9.17, 15) is 19.1 Å². The number of aliphatic hydroxyl groups is 2. The predicted molar refractivity (Wildman–Crippen MR) is 126 cm³/mol. The average molecular weight is 511 g/mol.